The van der Waals surface area contributed by atoms with Gasteiger partial charge in [-0.05, 0) is 35.6 Å². The molecule has 0 unspecified atom stereocenters. The first kappa shape index (κ1) is 30.4. The standard InChI is InChI=1S/C27H38N4O7/c1-5-18(2)24(29-27(36)38-4)25(33)30-31(16-20-11-13-21(37-3)14-12-20)17-23(32)22(28-26(34)35)15-19-9-7-6-8-10-19/h6-14,18,22-24,28,32H,5,15-17H2,1-4H3,(H,29,36)(H,30,33)(H,34,35)/t18-,22-,23+,24-/m0/s1. The van der Waals surface area contributed by atoms with Crippen LogP contribution in [0.15, 0.2) is 54.6 Å². The van der Waals surface area contributed by atoms with Crippen LogP contribution in [0.3, 0.4) is 0 Å². The lowest BCUT2D eigenvalue weighted by atomic mass is 9.98. The maximum atomic E-state index is 13.3. The Balaban J connectivity index is 2.28. The van der Waals surface area contributed by atoms with Crippen LogP contribution in [0.5, 0.6) is 5.75 Å². The van der Waals surface area contributed by atoms with Crippen LogP contribution in [0.25, 0.3) is 0 Å². The molecule has 3 amide bonds. The van der Waals surface area contributed by atoms with Crippen molar-refractivity contribution in [1.82, 2.24) is 21.1 Å². The smallest absolute Gasteiger partial charge is 0.407 e. The van der Waals surface area contributed by atoms with E-state index in [0.717, 1.165) is 11.1 Å². The lowest BCUT2D eigenvalue weighted by Crippen LogP contribution is -2.57. The molecule has 208 valence electrons. The van der Waals surface area contributed by atoms with E-state index >= 15 is 0 Å². The lowest BCUT2D eigenvalue weighted by molar-refractivity contribution is -0.130. The molecule has 2 aromatic rings. The van der Waals surface area contributed by atoms with Crippen molar-refractivity contribution >= 4 is 18.1 Å². The molecule has 5 N–H and O–H groups in total. The van der Waals surface area contributed by atoms with Crippen molar-refractivity contribution in [2.75, 3.05) is 20.8 Å². The van der Waals surface area contributed by atoms with E-state index in [-0.39, 0.29) is 25.4 Å². The van der Waals surface area contributed by atoms with Crippen LogP contribution >= 0.6 is 0 Å². The zero-order chi connectivity index (χ0) is 28.1. The van der Waals surface area contributed by atoms with E-state index in [0.29, 0.717) is 12.2 Å². The monoisotopic (exact) mass is 530 g/mol. The fourth-order valence-corrected chi connectivity index (χ4v) is 3.88. The number of amides is 3. The number of methoxy groups -OCH3 is 2. The van der Waals surface area contributed by atoms with E-state index in [1.165, 1.54) is 12.1 Å². The summed E-state index contributed by atoms with van der Waals surface area (Å²) in [6.45, 7) is 3.83. The number of carbonyl (C=O) groups excluding carboxylic acids is 2. The number of nitrogens with one attached hydrogen (secondary N) is 3. The molecular weight excluding hydrogens is 492 g/mol. The normalized spacial score (nSPS) is 14.1. The van der Waals surface area contributed by atoms with E-state index < -0.39 is 36.3 Å². The highest BCUT2D eigenvalue weighted by molar-refractivity contribution is 5.85. The van der Waals surface area contributed by atoms with Gasteiger partial charge in [-0.3, -0.25) is 10.2 Å². The van der Waals surface area contributed by atoms with Gasteiger partial charge in [0.15, 0.2) is 0 Å². The molecule has 11 heteroatoms. The second kappa shape index (κ2) is 15.4. The van der Waals surface area contributed by atoms with Gasteiger partial charge in [0, 0.05) is 13.1 Å². The molecule has 0 fully saturated rings. The number of carboxylic acid groups (broad SMARTS) is 1. The summed E-state index contributed by atoms with van der Waals surface area (Å²) in [7, 11) is 2.78. The van der Waals surface area contributed by atoms with E-state index in [9.17, 15) is 24.6 Å². The molecule has 0 aromatic heterocycles. The van der Waals surface area contributed by atoms with Gasteiger partial charge in [-0.25, -0.2) is 14.6 Å². The first-order valence-electron chi connectivity index (χ1n) is 12.4. The summed E-state index contributed by atoms with van der Waals surface area (Å²) in [5, 5.41) is 26.9. The topological polar surface area (TPSA) is 149 Å². The number of alkyl carbamates (subject to hydrolysis) is 1. The minimum atomic E-state index is -1.27. The Bertz CT molecular complexity index is 1020. The van der Waals surface area contributed by atoms with Gasteiger partial charge < -0.3 is 30.3 Å². The van der Waals surface area contributed by atoms with Crippen molar-refractivity contribution in [2.45, 2.75) is 51.4 Å². The highest BCUT2D eigenvalue weighted by atomic mass is 16.5. The number of hydrogen-bond acceptors (Lipinski definition) is 7. The van der Waals surface area contributed by atoms with Crippen molar-refractivity contribution in [3.8, 4) is 5.75 Å². The predicted octanol–water partition coefficient (Wildman–Crippen LogP) is 2.54. The van der Waals surface area contributed by atoms with Crippen LogP contribution in [0.4, 0.5) is 9.59 Å². The second-order valence-electron chi connectivity index (χ2n) is 9.02. The minimum absolute atomic E-state index is 0.0962. The number of carbonyl (C=O) groups is 3. The van der Waals surface area contributed by atoms with Gasteiger partial charge in [0.05, 0.1) is 26.4 Å². The molecular formula is C27H38N4O7. The van der Waals surface area contributed by atoms with Crippen molar-refractivity contribution < 1.29 is 34.1 Å². The Morgan fingerprint density at radius 1 is 0.974 bits per heavy atom. The van der Waals surface area contributed by atoms with Crippen molar-refractivity contribution in [3.63, 3.8) is 0 Å². The minimum Gasteiger partial charge on any atom is -0.497 e. The number of aliphatic hydroxyl groups is 1. The fraction of sp³-hybridized carbons (Fsp3) is 0.444. The van der Waals surface area contributed by atoms with Gasteiger partial charge in [-0.2, -0.15) is 0 Å². The summed E-state index contributed by atoms with van der Waals surface area (Å²) in [4.78, 5) is 36.6. The van der Waals surface area contributed by atoms with E-state index in [1.54, 1.807) is 19.2 Å². The maximum absolute atomic E-state index is 13.3. The molecule has 0 aliphatic heterocycles. The number of aliphatic hydroxyl groups excluding tert-OH is 1. The molecule has 0 radical (unpaired) electrons. The second-order valence-corrected chi connectivity index (χ2v) is 9.02. The number of benzene rings is 2. The average molecular weight is 531 g/mol. The molecule has 0 saturated heterocycles. The van der Waals surface area contributed by atoms with Crippen LogP contribution in [-0.2, 0) is 22.5 Å². The zero-order valence-corrected chi connectivity index (χ0v) is 22.2. The van der Waals surface area contributed by atoms with Gasteiger partial charge in [0.2, 0.25) is 0 Å². The summed E-state index contributed by atoms with van der Waals surface area (Å²) in [5.41, 5.74) is 4.45. The Kier molecular flexibility index (Phi) is 12.3. The Labute approximate surface area is 223 Å². The van der Waals surface area contributed by atoms with Gasteiger partial charge >= 0.3 is 12.2 Å². The fourth-order valence-electron chi connectivity index (χ4n) is 3.88. The summed E-state index contributed by atoms with van der Waals surface area (Å²) in [5.74, 6) is -0.0327. The molecule has 0 aliphatic rings. The predicted molar refractivity (Wildman–Crippen MR) is 141 cm³/mol. The van der Waals surface area contributed by atoms with Crippen LogP contribution < -0.4 is 20.8 Å². The van der Waals surface area contributed by atoms with E-state index in [2.05, 4.69) is 20.8 Å². The molecule has 0 heterocycles. The Morgan fingerprint density at radius 3 is 2.18 bits per heavy atom. The van der Waals surface area contributed by atoms with Gasteiger partial charge in [0.25, 0.3) is 5.91 Å². The molecule has 0 aliphatic carbocycles. The molecule has 38 heavy (non-hydrogen) atoms. The number of rotatable bonds is 14. The Morgan fingerprint density at radius 2 is 1.63 bits per heavy atom. The largest absolute Gasteiger partial charge is 0.497 e. The molecule has 4 atom stereocenters. The average Bonchev–Trinajstić information content (AvgIpc) is 2.91. The van der Waals surface area contributed by atoms with Crippen molar-refractivity contribution in [1.29, 1.82) is 0 Å². The molecule has 0 saturated carbocycles. The summed E-state index contributed by atoms with van der Waals surface area (Å²) in [6.07, 6.45) is -2.32. The summed E-state index contributed by atoms with van der Waals surface area (Å²) in [6, 6.07) is 14.7. The van der Waals surface area contributed by atoms with E-state index in [1.807, 2.05) is 56.3 Å². The SMILES string of the molecule is CC[C@H](C)[C@H](NC(=O)OC)C(=O)NN(Cc1ccc(OC)cc1)C[C@@H](O)[C@H](Cc1ccccc1)NC(=O)O. The maximum Gasteiger partial charge on any atom is 0.407 e. The highest BCUT2D eigenvalue weighted by Gasteiger charge is 2.30. The first-order valence-corrected chi connectivity index (χ1v) is 12.4. The van der Waals surface area contributed by atoms with Crippen molar-refractivity contribution in [3.05, 3.63) is 65.7 Å². The van der Waals surface area contributed by atoms with Crippen molar-refractivity contribution in [2.24, 2.45) is 5.92 Å². The van der Waals surface area contributed by atoms with Crippen LogP contribution in [0.1, 0.15) is 31.4 Å². The summed E-state index contributed by atoms with van der Waals surface area (Å²) < 4.78 is 9.88. The summed E-state index contributed by atoms with van der Waals surface area (Å²) >= 11 is 0. The zero-order valence-electron chi connectivity index (χ0n) is 22.2. The molecule has 2 aromatic carbocycles. The van der Waals surface area contributed by atoms with E-state index in [4.69, 9.17) is 4.74 Å². The third kappa shape index (κ3) is 9.91. The van der Waals surface area contributed by atoms with Gasteiger partial charge in [-0.15, -0.1) is 0 Å². The first-order chi connectivity index (χ1) is 18.2. The lowest BCUT2D eigenvalue weighted by Gasteiger charge is -2.32. The third-order valence-electron chi connectivity index (χ3n) is 6.23. The van der Waals surface area contributed by atoms with Gasteiger partial charge in [0.1, 0.15) is 11.8 Å². The quantitative estimate of drug-likeness (QED) is 0.234. The van der Waals surface area contributed by atoms with Crippen LogP contribution in [0.2, 0.25) is 0 Å². The highest BCUT2D eigenvalue weighted by Crippen LogP contribution is 2.15. The van der Waals surface area contributed by atoms with Gasteiger partial charge in [-0.1, -0.05) is 62.7 Å². The molecule has 11 nitrogen and oxygen atoms in total. The number of nitrogens with zero attached hydrogens (tertiary/aromatic N) is 1. The Hall–Kier alpha value is -3.83. The third-order valence-corrected chi connectivity index (χ3v) is 6.23. The van der Waals surface area contributed by atoms with Crippen LogP contribution in [0, 0.1) is 5.92 Å². The number of ether oxygens (including phenoxy) is 2. The number of hydrazine groups is 1. The molecule has 0 bridgehead atoms. The number of hydrogen-bond donors (Lipinski definition) is 5. The molecule has 0 spiro atoms. The molecule has 2 rings (SSSR count). The van der Waals surface area contributed by atoms with Crippen LogP contribution in [-0.4, -0.2) is 72.3 Å².